The Balaban J connectivity index is 1.43. The van der Waals surface area contributed by atoms with E-state index in [9.17, 15) is 13.2 Å². The Morgan fingerprint density at radius 1 is 1.32 bits per heavy atom. The number of imidazole rings is 2. The van der Waals surface area contributed by atoms with Gasteiger partial charge in [-0.05, 0) is 31.5 Å². The molecular formula is C19H19F3N6. The predicted octanol–water partition coefficient (Wildman–Crippen LogP) is 3.12. The van der Waals surface area contributed by atoms with Crippen LogP contribution in [0.5, 0.6) is 0 Å². The smallest absolute Gasteiger partial charge is 0.334 e. The summed E-state index contributed by atoms with van der Waals surface area (Å²) in [5.41, 5.74) is 1.50. The van der Waals surface area contributed by atoms with Crippen molar-refractivity contribution in [1.29, 1.82) is 5.26 Å². The molecule has 3 aromatic heterocycles. The van der Waals surface area contributed by atoms with Crippen LogP contribution < -0.4 is 0 Å². The topological polar surface area (TPSA) is 62.1 Å². The first-order valence-corrected chi connectivity index (χ1v) is 9.01. The number of rotatable bonds is 4. The molecule has 0 aliphatic carbocycles. The first-order valence-electron chi connectivity index (χ1n) is 9.01. The molecule has 0 amide bonds. The summed E-state index contributed by atoms with van der Waals surface area (Å²) in [6.45, 7) is 1.93. The lowest BCUT2D eigenvalue weighted by atomic mass is 9.99. The minimum Gasteiger partial charge on any atom is -0.334 e. The molecule has 1 aliphatic rings. The Hall–Kier alpha value is -2.86. The fourth-order valence-electron chi connectivity index (χ4n) is 3.80. The molecule has 0 saturated heterocycles. The number of hydrogen-bond acceptors (Lipinski definition) is 4. The molecule has 0 aromatic carbocycles. The molecule has 0 fully saturated rings. The standard InChI is InChI=1S/C19H19F3N6/c1-26(11-15-7-24-17-4-2-13(6-23)10-28(15)17)8-14-3-5-18-25-16(19(20,21)22)12-27(18)9-14/h2,4,7,10,12,14H,3,5,8-9,11H2,1H3/t14-/m1/s1. The quantitative estimate of drug-likeness (QED) is 0.689. The van der Waals surface area contributed by atoms with Gasteiger partial charge in [-0.15, -0.1) is 0 Å². The van der Waals surface area contributed by atoms with Crippen molar-refractivity contribution >= 4 is 5.65 Å². The van der Waals surface area contributed by atoms with Gasteiger partial charge in [-0.2, -0.15) is 18.4 Å². The van der Waals surface area contributed by atoms with Crippen molar-refractivity contribution in [3.63, 3.8) is 0 Å². The van der Waals surface area contributed by atoms with Crippen molar-refractivity contribution in [2.75, 3.05) is 13.6 Å². The van der Waals surface area contributed by atoms with Crippen LogP contribution in [-0.4, -0.2) is 37.4 Å². The minimum absolute atomic E-state index is 0.252. The largest absolute Gasteiger partial charge is 0.434 e. The Kier molecular flexibility index (Phi) is 4.59. The third kappa shape index (κ3) is 3.60. The van der Waals surface area contributed by atoms with Gasteiger partial charge in [0.1, 0.15) is 17.5 Å². The second-order valence-electron chi connectivity index (χ2n) is 7.30. The van der Waals surface area contributed by atoms with Crippen LogP contribution >= 0.6 is 0 Å². The van der Waals surface area contributed by atoms with Crippen LogP contribution in [0, 0.1) is 17.2 Å². The molecule has 1 aliphatic heterocycles. The Morgan fingerprint density at radius 2 is 2.14 bits per heavy atom. The van der Waals surface area contributed by atoms with E-state index in [1.807, 2.05) is 17.5 Å². The maximum Gasteiger partial charge on any atom is 0.434 e. The number of aryl methyl sites for hydroxylation is 1. The van der Waals surface area contributed by atoms with Gasteiger partial charge in [-0.25, -0.2) is 9.97 Å². The highest BCUT2D eigenvalue weighted by Crippen LogP contribution is 2.30. The minimum atomic E-state index is -4.40. The van der Waals surface area contributed by atoms with Crippen LogP contribution in [0.25, 0.3) is 5.65 Å². The first kappa shape index (κ1) is 18.5. The number of halogens is 3. The highest BCUT2D eigenvalue weighted by atomic mass is 19.4. The van der Waals surface area contributed by atoms with Crippen LogP contribution in [-0.2, 0) is 25.7 Å². The number of fused-ring (bicyclic) bond motifs is 2. The van der Waals surface area contributed by atoms with Gasteiger partial charge in [0, 0.05) is 38.4 Å². The van der Waals surface area contributed by atoms with E-state index in [2.05, 4.69) is 20.9 Å². The average molecular weight is 388 g/mol. The Morgan fingerprint density at radius 3 is 2.89 bits per heavy atom. The number of nitrogens with zero attached hydrogens (tertiary/aromatic N) is 6. The molecule has 0 saturated carbocycles. The van der Waals surface area contributed by atoms with Gasteiger partial charge >= 0.3 is 6.18 Å². The zero-order valence-electron chi connectivity index (χ0n) is 15.3. The van der Waals surface area contributed by atoms with Crippen molar-refractivity contribution < 1.29 is 13.2 Å². The fourth-order valence-corrected chi connectivity index (χ4v) is 3.80. The predicted molar refractivity (Wildman–Crippen MR) is 95.3 cm³/mol. The number of hydrogen-bond donors (Lipinski definition) is 0. The van der Waals surface area contributed by atoms with Gasteiger partial charge in [0.15, 0.2) is 5.69 Å². The van der Waals surface area contributed by atoms with Crippen molar-refractivity contribution in [3.8, 4) is 6.07 Å². The van der Waals surface area contributed by atoms with E-state index >= 15 is 0 Å². The highest BCUT2D eigenvalue weighted by Gasteiger charge is 2.35. The SMILES string of the molecule is CN(Cc1cnc2ccc(C#N)cn12)C[C@H]1CCc2nc(C(F)(F)F)cn2C1. The molecule has 0 bridgehead atoms. The lowest BCUT2D eigenvalue weighted by Gasteiger charge is -2.28. The van der Waals surface area contributed by atoms with Crippen molar-refractivity contribution in [3.05, 3.63) is 53.5 Å². The Labute approximate surface area is 159 Å². The maximum absolute atomic E-state index is 12.9. The molecule has 146 valence electrons. The van der Waals surface area contributed by atoms with Crippen molar-refractivity contribution in [2.24, 2.45) is 5.92 Å². The molecule has 4 rings (SSSR count). The maximum atomic E-state index is 12.9. The van der Waals surface area contributed by atoms with Gasteiger partial charge in [-0.1, -0.05) is 0 Å². The Bertz CT molecular complexity index is 1040. The van der Waals surface area contributed by atoms with Gasteiger partial charge < -0.3 is 13.9 Å². The normalized spacial score (nSPS) is 17.1. The van der Waals surface area contributed by atoms with E-state index in [1.54, 1.807) is 23.0 Å². The molecule has 0 radical (unpaired) electrons. The molecule has 28 heavy (non-hydrogen) atoms. The molecule has 6 nitrogen and oxygen atoms in total. The van der Waals surface area contributed by atoms with E-state index in [4.69, 9.17) is 5.26 Å². The van der Waals surface area contributed by atoms with Gasteiger partial charge in [0.05, 0.1) is 17.5 Å². The molecule has 3 aromatic rings. The lowest BCUT2D eigenvalue weighted by Crippen LogP contribution is -2.31. The summed E-state index contributed by atoms with van der Waals surface area (Å²) in [4.78, 5) is 10.2. The third-order valence-electron chi connectivity index (χ3n) is 5.09. The summed E-state index contributed by atoms with van der Waals surface area (Å²) in [6, 6.07) is 5.67. The second-order valence-corrected chi connectivity index (χ2v) is 7.30. The van der Waals surface area contributed by atoms with Gasteiger partial charge in [0.2, 0.25) is 0 Å². The van der Waals surface area contributed by atoms with Crippen LogP contribution in [0.1, 0.15) is 29.2 Å². The summed E-state index contributed by atoms with van der Waals surface area (Å²) in [5, 5.41) is 9.08. The number of nitriles is 1. The number of pyridine rings is 1. The van der Waals surface area contributed by atoms with Crippen molar-refractivity contribution in [2.45, 2.75) is 32.1 Å². The summed E-state index contributed by atoms with van der Waals surface area (Å²) >= 11 is 0. The molecule has 0 spiro atoms. The van der Waals surface area contributed by atoms with Crippen molar-refractivity contribution in [1.82, 2.24) is 23.8 Å². The van der Waals surface area contributed by atoms with Crippen LogP contribution in [0.2, 0.25) is 0 Å². The van der Waals surface area contributed by atoms with Gasteiger partial charge in [-0.3, -0.25) is 0 Å². The third-order valence-corrected chi connectivity index (χ3v) is 5.09. The molecule has 0 unspecified atom stereocenters. The number of aromatic nitrogens is 4. The van der Waals surface area contributed by atoms with Crippen LogP contribution in [0.4, 0.5) is 13.2 Å². The monoisotopic (exact) mass is 388 g/mol. The summed E-state index contributed by atoms with van der Waals surface area (Å²) < 4.78 is 42.1. The van der Waals surface area contributed by atoms with E-state index in [-0.39, 0.29) is 5.92 Å². The molecule has 4 heterocycles. The fraction of sp³-hybridized carbons (Fsp3) is 0.421. The highest BCUT2D eigenvalue weighted by molar-refractivity contribution is 5.44. The van der Waals surface area contributed by atoms with Crippen LogP contribution in [0.3, 0.4) is 0 Å². The molecule has 0 N–H and O–H groups in total. The zero-order chi connectivity index (χ0) is 19.9. The summed E-state index contributed by atoms with van der Waals surface area (Å²) in [6.07, 6.45) is 1.64. The van der Waals surface area contributed by atoms with E-state index in [0.29, 0.717) is 30.9 Å². The second kappa shape index (κ2) is 6.95. The zero-order valence-corrected chi connectivity index (χ0v) is 15.3. The molecule has 9 heteroatoms. The molecule has 1 atom stereocenters. The van der Waals surface area contributed by atoms with Gasteiger partial charge in [0.25, 0.3) is 0 Å². The number of alkyl halides is 3. The van der Waals surface area contributed by atoms with Crippen LogP contribution in [0.15, 0.2) is 30.7 Å². The molecular weight excluding hydrogens is 369 g/mol. The summed E-state index contributed by atoms with van der Waals surface area (Å²) in [7, 11) is 1.98. The first-order chi connectivity index (χ1) is 13.3. The van der Waals surface area contributed by atoms with E-state index in [0.717, 1.165) is 30.5 Å². The average Bonchev–Trinajstić information content (AvgIpc) is 3.25. The summed E-state index contributed by atoms with van der Waals surface area (Å²) in [5.74, 6) is 0.763. The van der Waals surface area contributed by atoms with E-state index in [1.165, 1.54) is 0 Å². The van der Waals surface area contributed by atoms with E-state index < -0.39 is 11.9 Å². The lowest BCUT2D eigenvalue weighted by molar-refractivity contribution is -0.141.